The van der Waals surface area contributed by atoms with Crippen molar-refractivity contribution in [3.8, 4) is 28.4 Å². The number of anilines is 1. The summed E-state index contributed by atoms with van der Waals surface area (Å²) in [5, 5.41) is 17.8. The Morgan fingerprint density at radius 2 is 1.86 bits per heavy atom. The van der Waals surface area contributed by atoms with Gasteiger partial charge in [-0.2, -0.15) is 0 Å². The summed E-state index contributed by atoms with van der Waals surface area (Å²) < 4.78 is 6.75. The van der Waals surface area contributed by atoms with Crippen LogP contribution in [0.25, 0.3) is 16.9 Å². The maximum atomic E-state index is 9.61. The number of methoxy groups -OCH3 is 1. The number of aromatic nitrogens is 3. The molecule has 7 heteroatoms. The van der Waals surface area contributed by atoms with E-state index in [0.717, 1.165) is 11.3 Å². The first kappa shape index (κ1) is 15.7. The van der Waals surface area contributed by atoms with Crippen molar-refractivity contribution in [2.24, 2.45) is 0 Å². The molecular weight excluding hydrogens is 304 g/mol. The van der Waals surface area contributed by atoms with Crippen LogP contribution in [0.1, 0.15) is 0 Å². The highest BCUT2D eigenvalue weighted by Gasteiger charge is 2.09. The van der Waals surface area contributed by atoms with Gasteiger partial charge in [0.1, 0.15) is 5.69 Å². The number of benzene rings is 2. The Morgan fingerprint density at radius 3 is 2.55 bits per heavy atom. The second kappa shape index (κ2) is 6.36. The van der Waals surface area contributed by atoms with Crippen LogP contribution < -0.4 is 10.5 Å². The highest BCUT2D eigenvalue weighted by molar-refractivity contribution is 5.85. The van der Waals surface area contributed by atoms with Crippen molar-refractivity contribution < 1.29 is 9.84 Å². The van der Waals surface area contributed by atoms with Gasteiger partial charge < -0.3 is 15.6 Å². The zero-order chi connectivity index (χ0) is 14.8. The van der Waals surface area contributed by atoms with Crippen molar-refractivity contribution in [2.45, 2.75) is 0 Å². The first-order chi connectivity index (χ1) is 10.2. The number of nitrogens with zero attached hydrogens (tertiary/aromatic N) is 3. The van der Waals surface area contributed by atoms with E-state index in [9.17, 15) is 5.11 Å². The summed E-state index contributed by atoms with van der Waals surface area (Å²) in [5.74, 6) is 0.488. The van der Waals surface area contributed by atoms with Crippen molar-refractivity contribution in [1.82, 2.24) is 15.0 Å². The van der Waals surface area contributed by atoms with Crippen LogP contribution in [0.15, 0.2) is 48.7 Å². The zero-order valence-electron chi connectivity index (χ0n) is 11.8. The normalized spacial score (nSPS) is 10.0. The summed E-state index contributed by atoms with van der Waals surface area (Å²) in [4.78, 5) is 0. The molecule has 3 aromatic rings. The van der Waals surface area contributed by atoms with Crippen molar-refractivity contribution in [3.05, 3.63) is 48.7 Å². The minimum Gasteiger partial charge on any atom is -0.504 e. The summed E-state index contributed by atoms with van der Waals surface area (Å²) >= 11 is 0. The molecule has 1 heterocycles. The molecule has 0 aliphatic rings. The lowest BCUT2D eigenvalue weighted by atomic mass is 10.1. The van der Waals surface area contributed by atoms with Crippen LogP contribution in [0.3, 0.4) is 0 Å². The molecule has 0 radical (unpaired) electrons. The average Bonchev–Trinajstić information content (AvgIpc) is 2.98. The van der Waals surface area contributed by atoms with Gasteiger partial charge in [0.05, 0.1) is 19.0 Å². The predicted octanol–water partition coefficient (Wildman–Crippen LogP) is 2.65. The van der Waals surface area contributed by atoms with Gasteiger partial charge in [-0.05, 0) is 42.5 Å². The van der Waals surface area contributed by atoms with E-state index in [-0.39, 0.29) is 18.2 Å². The van der Waals surface area contributed by atoms with E-state index in [4.69, 9.17) is 10.5 Å². The van der Waals surface area contributed by atoms with E-state index in [2.05, 4.69) is 10.3 Å². The highest BCUT2D eigenvalue weighted by atomic mass is 35.5. The van der Waals surface area contributed by atoms with Gasteiger partial charge in [-0.3, -0.25) is 0 Å². The van der Waals surface area contributed by atoms with Gasteiger partial charge in [-0.25, -0.2) is 4.68 Å². The van der Waals surface area contributed by atoms with Crippen molar-refractivity contribution in [3.63, 3.8) is 0 Å². The minimum atomic E-state index is 0. The van der Waals surface area contributed by atoms with E-state index >= 15 is 0 Å². The monoisotopic (exact) mass is 318 g/mol. The van der Waals surface area contributed by atoms with Crippen molar-refractivity contribution in [2.75, 3.05) is 12.8 Å². The van der Waals surface area contributed by atoms with E-state index in [0.29, 0.717) is 17.1 Å². The van der Waals surface area contributed by atoms with Gasteiger partial charge in [0.25, 0.3) is 0 Å². The molecular formula is C15H15ClN4O2. The topological polar surface area (TPSA) is 86.2 Å². The summed E-state index contributed by atoms with van der Waals surface area (Å²) in [6.45, 7) is 0. The molecule has 3 N–H and O–H groups in total. The Labute approximate surface area is 133 Å². The van der Waals surface area contributed by atoms with Gasteiger partial charge in [0.15, 0.2) is 11.5 Å². The number of aromatic hydroxyl groups is 1. The second-order valence-corrected chi connectivity index (χ2v) is 4.53. The largest absolute Gasteiger partial charge is 0.504 e. The van der Waals surface area contributed by atoms with E-state index in [1.165, 1.54) is 7.11 Å². The number of nitrogen functional groups attached to an aromatic ring is 1. The molecule has 1 aromatic heterocycles. The standard InChI is InChI=1S/C15H14N4O2.ClH/c1-21-15-8-10(2-7-14(15)20)13-9-19(18-17-13)12-5-3-11(16)4-6-12;/h2-9,20H,16H2,1H3;1H. The summed E-state index contributed by atoms with van der Waals surface area (Å²) in [6, 6.07) is 12.4. The third-order valence-electron chi connectivity index (χ3n) is 3.13. The van der Waals surface area contributed by atoms with Crippen LogP contribution in [0.2, 0.25) is 0 Å². The fourth-order valence-corrected chi connectivity index (χ4v) is 1.99. The predicted molar refractivity (Wildman–Crippen MR) is 86.7 cm³/mol. The van der Waals surface area contributed by atoms with E-state index in [1.54, 1.807) is 41.2 Å². The number of halogens is 1. The summed E-state index contributed by atoms with van der Waals surface area (Å²) in [5.41, 5.74) is 8.73. The lowest BCUT2D eigenvalue weighted by Crippen LogP contribution is -1.95. The van der Waals surface area contributed by atoms with Gasteiger partial charge in [-0.15, -0.1) is 17.5 Å². The molecule has 0 unspecified atom stereocenters. The number of hydrogen-bond donors (Lipinski definition) is 2. The molecule has 6 nitrogen and oxygen atoms in total. The van der Waals surface area contributed by atoms with Crippen LogP contribution in [0, 0.1) is 0 Å². The Morgan fingerprint density at radius 1 is 1.14 bits per heavy atom. The maximum Gasteiger partial charge on any atom is 0.161 e. The second-order valence-electron chi connectivity index (χ2n) is 4.53. The Balaban J connectivity index is 0.00000176. The number of ether oxygens (including phenoxy) is 1. The van der Waals surface area contributed by atoms with Crippen LogP contribution >= 0.6 is 12.4 Å². The number of phenols is 1. The molecule has 0 aliphatic heterocycles. The lowest BCUT2D eigenvalue weighted by Gasteiger charge is -2.04. The molecule has 0 bridgehead atoms. The molecule has 2 aromatic carbocycles. The van der Waals surface area contributed by atoms with Crippen LogP contribution in [0.4, 0.5) is 5.69 Å². The maximum absolute atomic E-state index is 9.61. The van der Waals surface area contributed by atoms with Gasteiger partial charge in [0.2, 0.25) is 0 Å². The third kappa shape index (κ3) is 2.96. The molecule has 22 heavy (non-hydrogen) atoms. The SMILES string of the molecule is COc1cc(-c2cn(-c3ccc(N)cc3)nn2)ccc1O.Cl. The highest BCUT2D eigenvalue weighted by Crippen LogP contribution is 2.30. The van der Waals surface area contributed by atoms with Gasteiger partial charge >= 0.3 is 0 Å². The van der Waals surface area contributed by atoms with Crippen molar-refractivity contribution >= 4 is 18.1 Å². The molecule has 0 saturated heterocycles. The van der Waals surface area contributed by atoms with Crippen LogP contribution in [-0.4, -0.2) is 27.2 Å². The first-order valence-electron chi connectivity index (χ1n) is 6.33. The quantitative estimate of drug-likeness (QED) is 0.725. The first-order valence-corrected chi connectivity index (χ1v) is 6.33. The number of rotatable bonds is 3. The molecule has 0 atom stereocenters. The molecule has 0 amide bonds. The average molecular weight is 319 g/mol. The Bertz CT molecular complexity index is 771. The zero-order valence-corrected chi connectivity index (χ0v) is 12.6. The molecule has 0 saturated carbocycles. The van der Waals surface area contributed by atoms with Crippen LogP contribution in [0.5, 0.6) is 11.5 Å². The Kier molecular flexibility index (Phi) is 4.53. The molecule has 3 rings (SSSR count). The Hall–Kier alpha value is -2.73. The molecule has 0 fully saturated rings. The summed E-state index contributed by atoms with van der Waals surface area (Å²) in [7, 11) is 1.50. The number of phenolic OH excluding ortho intramolecular Hbond substituents is 1. The minimum absolute atomic E-state index is 0. The number of nitrogens with two attached hydrogens (primary N) is 1. The third-order valence-corrected chi connectivity index (χ3v) is 3.13. The molecule has 114 valence electrons. The summed E-state index contributed by atoms with van der Waals surface area (Å²) in [6.07, 6.45) is 1.80. The smallest absolute Gasteiger partial charge is 0.161 e. The van der Waals surface area contributed by atoms with Gasteiger partial charge in [0, 0.05) is 11.3 Å². The fourth-order valence-electron chi connectivity index (χ4n) is 1.99. The molecule has 0 spiro atoms. The molecule has 0 aliphatic carbocycles. The van der Waals surface area contributed by atoms with E-state index < -0.39 is 0 Å². The van der Waals surface area contributed by atoms with Gasteiger partial charge in [-0.1, -0.05) is 5.21 Å². The van der Waals surface area contributed by atoms with E-state index in [1.807, 2.05) is 12.1 Å². The lowest BCUT2D eigenvalue weighted by molar-refractivity contribution is 0.373. The fraction of sp³-hybridized carbons (Fsp3) is 0.0667. The number of hydrogen-bond acceptors (Lipinski definition) is 5. The van der Waals surface area contributed by atoms with Crippen LogP contribution in [-0.2, 0) is 0 Å². The van der Waals surface area contributed by atoms with Crippen molar-refractivity contribution in [1.29, 1.82) is 0 Å².